The SMILES string of the molecule is C[C@H]1C(=O)Nc2ccc(-c3csc(Cc4ccccc4)n3)cc21. The Morgan fingerprint density at radius 2 is 2.00 bits per heavy atom. The largest absolute Gasteiger partial charge is 0.325 e. The summed E-state index contributed by atoms with van der Waals surface area (Å²) in [4.78, 5) is 16.5. The van der Waals surface area contributed by atoms with Crippen LogP contribution in [-0.2, 0) is 11.2 Å². The van der Waals surface area contributed by atoms with Gasteiger partial charge in [-0.25, -0.2) is 4.98 Å². The maximum atomic E-state index is 11.8. The van der Waals surface area contributed by atoms with Gasteiger partial charge in [0.1, 0.15) is 0 Å². The predicted molar refractivity (Wildman–Crippen MR) is 93.8 cm³/mol. The molecule has 2 heterocycles. The van der Waals surface area contributed by atoms with E-state index in [1.807, 2.05) is 25.1 Å². The highest BCUT2D eigenvalue weighted by atomic mass is 32.1. The third kappa shape index (κ3) is 2.66. The number of nitrogens with zero attached hydrogens (tertiary/aromatic N) is 1. The van der Waals surface area contributed by atoms with E-state index in [1.165, 1.54) is 5.56 Å². The molecular weight excluding hydrogens is 304 g/mol. The van der Waals surface area contributed by atoms with Crippen LogP contribution in [0.1, 0.15) is 29.0 Å². The highest BCUT2D eigenvalue weighted by Crippen LogP contribution is 2.35. The Hall–Kier alpha value is -2.46. The molecule has 4 rings (SSSR count). The minimum absolute atomic E-state index is 0.0696. The van der Waals surface area contributed by atoms with E-state index in [0.29, 0.717) is 0 Å². The molecule has 0 unspecified atom stereocenters. The molecule has 1 aliphatic heterocycles. The molecule has 4 heteroatoms. The smallest absolute Gasteiger partial charge is 0.231 e. The molecular formula is C19H16N2OS. The first-order valence-corrected chi connectivity index (χ1v) is 8.52. The summed E-state index contributed by atoms with van der Waals surface area (Å²) in [5.74, 6) is -0.0208. The molecule has 0 bridgehead atoms. The molecule has 1 atom stereocenters. The summed E-state index contributed by atoms with van der Waals surface area (Å²) in [6.45, 7) is 1.94. The van der Waals surface area contributed by atoms with E-state index < -0.39 is 0 Å². The monoisotopic (exact) mass is 320 g/mol. The number of thiazole rings is 1. The van der Waals surface area contributed by atoms with Crippen molar-refractivity contribution in [3.63, 3.8) is 0 Å². The van der Waals surface area contributed by atoms with E-state index in [9.17, 15) is 4.79 Å². The van der Waals surface area contributed by atoms with E-state index >= 15 is 0 Å². The fraction of sp³-hybridized carbons (Fsp3) is 0.158. The normalized spacial score (nSPS) is 16.2. The van der Waals surface area contributed by atoms with Crippen LogP contribution in [0.25, 0.3) is 11.3 Å². The van der Waals surface area contributed by atoms with E-state index in [0.717, 1.165) is 33.9 Å². The zero-order chi connectivity index (χ0) is 15.8. The summed E-state index contributed by atoms with van der Waals surface area (Å²) in [6.07, 6.45) is 0.854. The van der Waals surface area contributed by atoms with Crippen molar-refractivity contribution in [1.82, 2.24) is 4.98 Å². The van der Waals surface area contributed by atoms with Crippen LogP contribution in [0.2, 0.25) is 0 Å². The second-order valence-electron chi connectivity index (χ2n) is 5.80. The number of aromatic nitrogens is 1. The number of hydrogen-bond donors (Lipinski definition) is 1. The van der Waals surface area contributed by atoms with Crippen molar-refractivity contribution >= 4 is 22.9 Å². The molecule has 114 valence electrons. The van der Waals surface area contributed by atoms with Gasteiger partial charge in [0.2, 0.25) is 5.91 Å². The summed E-state index contributed by atoms with van der Waals surface area (Å²) in [5.41, 5.74) is 5.31. The van der Waals surface area contributed by atoms with Crippen molar-refractivity contribution in [3.8, 4) is 11.3 Å². The van der Waals surface area contributed by atoms with Crippen LogP contribution in [-0.4, -0.2) is 10.9 Å². The average molecular weight is 320 g/mol. The number of nitrogens with one attached hydrogen (secondary N) is 1. The Morgan fingerprint density at radius 1 is 1.17 bits per heavy atom. The van der Waals surface area contributed by atoms with Gasteiger partial charge in [-0.3, -0.25) is 4.79 Å². The molecule has 0 fully saturated rings. The number of benzene rings is 2. The van der Waals surface area contributed by atoms with Crippen molar-refractivity contribution in [2.24, 2.45) is 0 Å². The quantitative estimate of drug-likeness (QED) is 0.774. The molecule has 3 aromatic rings. The van der Waals surface area contributed by atoms with Gasteiger partial charge in [-0.05, 0) is 30.2 Å². The lowest BCUT2D eigenvalue weighted by molar-refractivity contribution is -0.116. The highest BCUT2D eigenvalue weighted by Gasteiger charge is 2.26. The average Bonchev–Trinajstić information content (AvgIpc) is 3.14. The van der Waals surface area contributed by atoms with Gasteiger partial charge < -0.3 is 5.32 Å². The Kier molecular flexibility index (Phi) is 3.46. The zero-order valence-electron chi connectivity index (χ0n) is 12.7. The number of hydrogen-bond acceptors (Lipinski definition) is 3. The summed E-state index contributed by atoms with van der Waals surface area (Å²) < 4.78 is 0. The van der Waals surface area contributed by atoms with Gasteiger partial charge >= 0.3 is 0 Å². The Morgan fingerprint density at radius 3 is 2.83 bits per heavy atom. The fourth-order valence-corrected chi connectivity index (χ4v) is 3.71. The minimum atomic E-state index is -0.0904. The van der Waals surface area contributed by atoms with Crippen LogP contribution < -0.4 is 5.32 Å². The molecule has 1 aromatic heterocycles. The van der Waals surface area contributed by atoms with Gasteiger partial charge in [0.15, 0.2) is 0 Å². The lowest BCUT2D eigenvalue weighted by Gasteiger charge is -2.04. The maximum absolute atomic E-state index is 11.8. The minimum Gasteiger partial charge on any atom is -0.325 e. The van der Waals surface area contributed by atoms with Crippen molar-refractivity contribution in [3.05, 3.63) is 70.0 Å². The first-order chi connectivity index (χ1) is 11.2. The number of rotatable bonds is 3. The van der Waals surface area contributed by atoms with Gasteiger partial charge in [0.25, 0.3) is 0 Å². The van der Waals surface area contributed by atoms with Gasteiger partial charge in [0, 0.05) is 23.1 Å². The summed E-state index contributed by atoms with van der Waals surface area (Å²) in [7, 11) is 0. The van der Waals surface area contributed by atoms with Gasteiger partial charge in [-0.15, -0.1) is 11.3 Å². The van der Waals surface area contributed by atoms with E-state index in [-0.39, 0.29) is 11.8 Å². The number of carbonyl (C=O) groups is 1. The molecule has 0 spiro atoms. The molecule has 1 amide bonds. The first kappa shape index (κ1) is 14.2. The molecule has 0 saturated carbocycles. The van der Waals surface area contributed by atoms with Crippen molar-refractivity contribution in [2.75, 3.05) is 5.32 Å². The van der Waals surface area contributed by atoms with Crippen LogP contribution >= 0.6 is 11.3 Å². The second kappa shape index (κ2) is 5.63. The Balaban J connectivity index is 1.61. The van der Waals surface area contributed by atoms with E-state index in [1.54, 1.807) is 11.3 Å². The molecule has 0 aliphatic carbocycles. The third-order valence-electron chi connectivity index (χ3n) is 4.21. The van der Waals surface area contributed by atoms with Gasteiger partial charge in [-0.2, -0.15) is 0 Å². The van der Waals surface area contributed by atoms with E-state index in [2.05, 4.69) is 41.0 Å². The molecule has 1 aliphatic rings. The molecule has 3 nitrogen and oxygen atoms in total. The summed E-state index contributed by atoms with van der Waals surface area (Å²) >= 11 is 1.68. The number of anilines is 1. The molecule has 2 aromatic carbocycles. The van der Waals surface area contributed by atoms with Crippen molar-refractivity contribution in [1.29, 1.82) is 0 Å². The van der Waals surface area contributed by atoms with Gasteiger partial charge in [-0.1, -0.05) is 36.4 Å². The van der Waals surface area contributed by atoms with Crippen LogP contribution in [0.4, 0.5) is 5.69 Å². The van der Waals surface area contributed by atoms with Crippen molar-refractivity contribution in [2.45, 2.75) is 19.3 Å². The lowest BCUT2D eigenvalue weighted by Crippen LogP contribution is -2.08. The van der Waals surface area contributed by atoms with Crippen LogP contribution in [0.3, 0.4) is 0 Å². The Labute approximate surface area is 139 Å². The molecule has 1 N–H and O–H groups in total. The molecule has 0 saturated heterocycles. The highest BCUT2D eigenvalue weighted by molar-refractivity contribution is 7.10. The number of amides is 1. The third-order valence-corrected chi connectivity index (χ3v) is 5.06. The number of carbonyl (C=O) groups excluding carboxylic acids is 1. The van der Waals surface area contributed by atoms with Crippen LogP contribution in [0.5, 0.6) is 0 Å². The van der Waals surface area contributed by atoms with Crippen LogP contribution in [0.15, 0.2) is 53.9 Å². The molecule has 0 radical (unpaired) electrons. The van der Waals surface area contributed by atoms with Crippen molar-refractivity contribution < 1.29 is 4.79 Å². The predicted octanol–water partition coefficient (Wildman–Crippen LogP) is 4.46. The summed E-state index contributed by atoms with van der Waals surface area (Å²) in [6, 6.07) is 16.5. The van der Waals surface area contributed by atoms with E-state index in [4.69, 9.17) is 4.98 Å². The fourth-order valence-electron chi connectivity index (χ4n) is 2.87. The lowest BCUT2D eigenvalue weighted by atomic mass is 9.99. The first-order valence-electron chi connectivity index (χ1n) is 7.64. The summed E-state index contributed by atoms with van der Waals surface area (Å²) in [5, 5.41) is 6.10. The molecule has 23 heavy (non-hydrogen) atoms. The zero-order valence-corrected chi connectivity index (χ0v) is 13.6. The van der Waals surface area contributed by atoms with Gasteiger partial charge in [0.05, 0.1) is 16.6 Å². The second-order valence-corrected chi connectivity index (χ2v) is 6.74. The van der Waals surface area contributed by atoms with Crippen LogP contribution in [0, 0.1) is 0 Å². The maximum Gasteiger partial charge on any atom is 0.231 e. The topological polar surface area (TPSA) is 42.0 Å². The Bertz CT molecular complexity index is 870. The number of fused-ring (bicyclic) bond motifs is 1. The standard InChI is InChI=1S/C19H16N2OS/c1-12-15-10-14(7-8-16(15)21-19(12)22)17-11-23-18(20-17)9-13-5-3-2-4-6-13/h2-8,10-12H,9H2,1H3,(H,21,22)/t12-/m1/s1.